The van der Waals surface area contributed by atoms with Crippen LogP contribution in [0.1, 0.15) is 44.6 Å². The predicted molar refractivity (Wildman–Crippen MR) is 128 cm³/mol. The van der Waals surface area contributed by atoms with Crippen molar-refractivity contribution in [3.05, 3.63) is 53.9 Å². The van der Waals surface area contributed by atoms with Crippen LogP contribution in [0.5, 0.6) is 0 Å². The quantitative estimate of drug-likeness (QED) is 0.687. The van der Waals surface area contributed by atoms with Crippen molar-refractivity contribution in [1.29, 1.82) is 0 Å². The number of halogens is 1. The molecule has 0 atom stereocenters. The summed E-state index contributed by atoms with van der Waals surface area (Å²) in [5, 5.41) is 3.13. The number of likely N-dealkylation sites (tertiary alicyclic amines) is 2. The summed E-state index contributed by atoms with van der Waals surface area (Å²) in [5.41, 5.74) is 5.11. The number of nitrogen functional groups attached to an aromatic ring is 1. The number of hydrogen-bond acceptors (Lipinski definition) is 6. The Morgan fingerprint density at radius 2 is 1.76 bits per heavy atom. The Morgan fingerprint density at radius 1 is 1.09 bits per heavy atom. The van der Waals surface area contributed by atoms with E-state index in [0.717, 1.165) is 17.6 Å². The van der Waals surface area contributed by atoms with E-state index < -0.39 is 17.1 Å². The molecule has 9 heteroatoms. The molecular formula is C25H33FN6O2. The van der Waals surface area contributed by atoms with E-state index in [2.05, 4.69) is 32.3 Å². The molecule has 0 aromatic carbocycles. The summed E-state index contributed by atoms with van der Waals surface area (Å²) in [6, 6.07) is 0. The number of carbonyl (C=O) groups excluding carboxylic acids is 2. The maximum Gasteiger partial charge on any atom is 0.260 e. The van der Waals surface area contributed by atoms with Gasteiger partial charge < -0.3 is 16.0 Å². The van der Waals surface area contributed by atoms with Crippen LogP contribution in [0.3, 0.4) is 0 Å². The van der Waals surface area contributed by atoms with Crippen molar-refractivity contribution in [1.82, 2.24) is 25.1 Å². The number of nitrogens with zero attached hydrogens (tertiary/aromatic N) is 4. The minimum atomic E-state index is -1.85. The molecule has 3 N–H and O–H groups in total. The molecule has 3 heterocycles. The van der Waals surface area contributed by atoms with Gasteiger partial charge in [-0.1, -0.05) is 30.4 Å². The van der Waals surface area contributed by atoms with Crippen molar-refractivity contribution in [3.63, 3.8) is 0 Å². The third kappa shape index (κ3) is 5.35. The molecule has 1 aliphatic carbocycles. The molecule has 4 rings (SSSR count). The summed E-state index contributed by atoms with van der Waals surface area (Å²) < 4.78 is 15.8. The van der Waals surface area contributed by atoms with Crippen LogP contribution in [0.2, 0.25) is 0 Å². The first-order valence-electron chi connectivity index (χ1n) is 11.9. The molecule has 0 saturated carbocycles. The van der Waals surface area contributed by atoms with Gasteiger partial charge in [-0.25, -0.2) is 14.4 Å². The molecule has 2 saturated heterocycles. The minimum Gasteiger partial charge on any atom is -0.368 e. The summed E-state index contributed by atoms with van der Waals surface area (Å²) >= 11 is 0. The number of amides is 2. The monoisotopic (exact) mass is 468 g/mol. The molecule has 0 bridgehead atoms. The van der Waals surface area contributed by atoms with Gasteiger partial charge in [0.2, 0.25) is 11.9 Å². The standard InChI is InChI=1S/C25H33FN6O2/c1-19(33)30-25(21-6-4-2-3-5-7-21)10-14-32(15-11-25)22(34)24(26)8-12-31(13-9-24)18-20-16-28-23(27)29-17-20/h2-4,6-7,16-17H,5,8-15,18H2,1H3,(H,30,33)(H2,27,28,29). The number of nitrogens with two attached hydrogens (primary N) is 1. The van der Waals surface area contributed by atoms with Gasteiger partial charge in [-0.05, 0) is 24.8 Å². The van der Waals surface area contributed by atoms with Crippen LogP contribution in [0.4, 0.5) is 10.3 Å². The average Bonchev–Trinajstić information content (AvgIpc) is 3.12. The predicted octanol–water partition coefficient (Wildman–Crippen LogP) is 2.30. The molecule has 2 aliphatic heterocycles. The van der Waals surface area contributed by atoms with Gasteiger partial charge in [0.25, 0.3) is 5.91 Å². The van der Waals surface area contributed by atoms with E-state index in [4.69, 9.17) is 5.73 Å². The zero-order valence-corrected chi connectivity index (χ0v) is 19.7. The Bertz CT molecular complexity index is 987. The maximum atomic E-state index is 15.8. The molecule has 34 heavy (non-hydrogen) atoms. The van der Waals surface area contributed by atoms with Crippen LogP contribution >= 0.6 is 0 Å². The molecule has 1 aromatic rings. The lowest BCUT2D eigenvalue weighted by Gasteiger charge is -2.45. The van der Waals surface area contributed by atoms with E-state index in [-0.39, 0.29) is 24.7 Å². The van der Waals surface area contributed by atoms with Gasteiger partial charge in [-0.3, -0.25) is 14.5 Å². The van der Waals surface area contributed by atoms with Crippen molar-refractivity contribution in [2.24, 2.45) is 0 Å². The number of piperidine rings is 2. The first kappa shape index (κ1) is 24.1. The summed E-state index contributed by atoms with van der Waals surface area (Å²) in [6.45, 7) is 3.91. The van der Waals surface area contributed by atoms with E-state index in [1.54, 1.807) is 17.3 Å². The van der Waals surface area contributed by atoms with Crippen LogP contribution < -0.4 is 11.1 Å². The number of anilines is 1. The largest absolute Gasteiger partial charge is 0.368 e. The van der Waals surface area contributed by atoms with Crippen molar-refractivity contribution in [2.45, 2.75) is 56.8 Å². The average molecular weight is 469 g/mol. The molecule has 8 nitrogen and oxygen atoms in total. The highest BCUT2D eigenvalue weighted by Gasteiger charge is 2.47. The number of rotatable bonds is 5. The molecule has 0 radical (unpaired) electrons. The van der Waals surface area contributed by atoms with E-state index in [9.17, 15) is 9.59 Å². The minimum absolute atomic E-state index is 0.105. The maximum absolute atomic E-state index is 15.8. The van der Waals surface area contributed by atoms with Crippen molar-refractivity contribution >= 4 is 17.8 Å². The number of aromatic nitrogens is 2. The Kier molecular flexibility index (Phi) is 7.11. The second kappa shape index (κ2) is 10.0. The zero-order chi connectivity index (χ0) is 24.2. The highest BCUT2D eigenvalue weighted by Crippen LogP contribution is 2.35. The number of allylic oxidation sites excluding steroid dienone is 4. The Balaban J connectivity index is 1.36. The van der Waals surface area contributed by atoms with Gasteiger partial charge >= 0.3 is 0 Å². The summed E-state index contributed by atoms with van der Waals surface area (Å²) in [6.07, 6.45) is 15.8. The van der Waals surface area contributed by atoms with Crippen LogP contribution in [0.25, 0.3) is 0 Å². The molecule has 0 unspecified atom stereocenters. The molecule has 182 valence electrons. The molecule has 2 amide bonds. The summed E-state index contributed by atoms with van der Waals surface area (Å²) in [7, 11) is 0. The summed E-state index contributed by atoms with van der Waals surface area (Å²) in [4.78, 5) is 37.0. The van der Waals surface area contributed by atoms with Crippen molar-refractivity contribution in [2.75, 3.05) is 31.9 Å². The lowest BCUT2D eigenvalue weighted by molar-refractivity contribution is -0.149. The molecule has 1 aromatic heterocycles. The number of alkyl halides is 1. The van der Waals surface area contributed by atoms with Gasteiger partial charge in [-0.2, -0.15) is 0 Å². The van der Waals surface area contributed by atoms with Crippen molar-refractivity contribution in [3.8, 4) is 0 Å². The van der Waals surface area contributed by atoms with E-state index >= 15 is 4.39 Å². The fraction of sp³-hybridized carbons (Fsp3) is 0.520. The van der Waals surface area contributed by atoms with Crippen LogP contribution in [-0.4, -0.2) is 69.0 Å². The van der Waals surface area contributed by atoms with E-state index in [1.165, 1.54) is 6.92 Å². The first-order valence-corrected chi connectivity index (χ1v) is 11.9. The third-order valence-corrected chi connectivity index (χ3v) is 7.03. The second-order valence-electron chi connectivity index (χ2n) is 9.43. The fourth-order valence-electron chi connectivity index (χ4n) is 5.12. The third-order valence-electron chi connectivity index (χ3n) is 7.03. The van der Waals surface area contributed by atoms with Gasteiger partial charge in [0.05, 0.1) is 5.54 Å². The van der Waals surface area contributed by atoms with Crippen LogP contribution in [0, 0.1) is 0 Å². The number of hydrogen-bond donors (Lipinski definition) is 2. The SMILES string of the molecule is CC(=O)NC1(C2=CCC=CC=C2)CCN(C(=O)C2(F)CCN(Cc3cnc(N)nc3)CC2)CC1. The first-order chi connectivity index (χ1) is 16.3. The number of carbonyl (C=O) groups is 2. The molecule has 0 spiro atoms. The van der Waals surface area contributed by atoms with Gasteiger partial charge in [0, 0.05) is 70.4 Å². The van der Waals surface area contributed by atoms with E-state index in [0.29, 0.717) is 45.6 Å². The molecule has 3 aliphatic rings. The van der Waals surface area contributed by atoms with Gasteiger partial charge in [-0.15, -0.1) is 0 Å². The topological polar surface area (TPSA) is 104 Å². The van der Waals surface area contributed by atoms with E-state index in [1.807, 2.05) is 18.2 Å². The highest BCUT2D eigenvalue weighted by atomic mass is 19.1. The zero-order valence-electron chi connectivity index (χ0n) is 19.7. The number of nitrogens with one attached hydrogen (secondary N) is 1. The lowest BCUT2D eigenvalue weighted by atomic mass is 9.79. The smallest absolute Gasteiger partial charge is 0.260 e. The highest BCUT2D eigenvalue weighted by molar-refractivity contribution is 5.85. The van der Waals surface area contributed by atoms with Crippen molar-refractivity contribution < 1.29 is 14.0 Å². The normalized spacial score (nSPS) is 22.1. The Morgan fingerprint density at radius 3 is 2.41 bits per heavy atom. The lowest BCUT2D eigenvalue weighted by Crippen LogP contribution is -2.60. The van der Waals surface area contributed by atoms with Crippen LogP contribution in [-0.2, 0) is 16.1 Å². The van der Waals surface area contributed by atoms with Gasteiger partial charge in [0.1, 0.15) is 0 Å². The van der Waals surface area contributed by atoms with Crippen LogP contribution in [0.15, 0.2) is 48.3 Å². The Labute approximate surface area is 199 Å². The molecular weight excluding hydrogens is 435 g/mol. The fourth-order valence-corrected chi connectivity index (χ4v) is 5.12. The molecule has 2 fully saturated rings. The second-order valence-corrected chi connectivity index (χ2v) is 9.43. The summed E-state index contributed by atoms with van der Waals surface area (Å²) in [5.74, 6) is -0.304. The van der Waals surface area contributed by atoms with Gasteiger partial charge in [0.15, 0.2) is 5.67 Å². The Hall–Kier alpha value is -3.07.